The van der Waals surface area contributed by atoms with Crippen LogP contribution in [0.4, 0.5) is 4.39 Å². The second-order valence-electron chi connectivity index (χ2n) is 5.38. The van der Waals surface area contributed by atoms with Crippen molar-refractivity contribution in [3.05, 3.63) is 70.0 Å². The van der Waals surface area contributed by atoms with Crippen LogP contribution in [0.3, 0.4) is 0 Å². The Kier molecular flexibility index (Phi) is 4.72. The fourth-order valence-electron chi connectivity index (χ4n) is 2.40. The molecule has 1 aromatic carbocycles. The second kappa shape index (κ2) is 6.94. The first-order chi connectivity index (χ1) is 12.0. The van der Waals surface area contributed by atoms with Crippen LogP contribution in [0.15, 0.2) is 42.6 Å². The fourth-order valence-corrected chi connectivity index (χ4v) is 3.45. The monoisotopic (exact) mass is 355 g/mol. The summed E-state index contributed by atoms with van der Waals surface area (Å²) in [5.41, 5.74) is 1.74. The smallest absolute Gasteiger partial charge is 0.348 e. The van der Waals surface area contributed by atoms with Crippen LogP contribution in [-0.2, 0) is 4.74 Å². The van der Waals surface area contributed by atoms with Gasteiger partial charge in [-0.1, -0.05) is 18.2 Å². The zero-order valence-corrected chi connectivity index (χ0v) is 14.4. The third-order valence-electron chi connectivity index (χ3n) is 3.73. The number of ether oxygens (including phenoxy) is 1. The zero-order valence-electron chi connectivity index (χ0n) is 13.6. The van der Waals surface area contributed by atoms with Crippen molar-refractivity contribution in [2.45, 2.75) is 6.92 Å². The normalized spacial score (nSPS) is 11.2. The number of carbonyl (C=O) groups is 2. The standard InChI is InChI=1S/C19H14FNO3S/c1-11-15-9-13(10-21-18(15)25-17(11)19(23)24-2)16(22)7-6-12-4-3-5-14(20)8-12/h3-10H,1-2H3/b7-6+. The molecule has 3 rings (SSSR count). The minimum absolute atomic E-state index is 0.246. The summed E-state index contributed by atoms with van der Waals surface area (Å²) < 4.78 is 17.9. The van der Waals surface area contributed by atoms with Crippen molar-refractivity contribution in [2.24, 2.45) is 0 Å². The highest BCUT2D eigenvalue weighted by Crippen LogP contribution is 2.30. The number of esters is 1. The number of pyridine rings is 1. The third kappa shape index (κ3) is 3.49. The highest BCUT2D eigenvalue weighted by Gasteiger charge is 2.17. The summed E-state index contributed by atoms with van der Waals surface area (Å²) in [7, 11) is 1.33. The number of thiophene rings is 1. The first-order valence-corrected chi connectivity index (χ1v) is 8.26. The Hall–Kier alpha value is -2.86. The molecule has 0 radical (unpaired) electrons. The molecule has 0 aliphatic carbocycles. The summed E-state index contributed by atoms with van der Waals surface area (Å²) in [5.74, 6) is -1.02. The molecule has 126 valence electrons. The maximum atomic E-state index is 13.2. The van der Waals surface area contributed by atoms with Crippen molar-refractivity contribution in [3.8, 4) is 0 Å². The minimum Gasteiger partial charge on any atom is -0.465 e. The molecule has 0 bridgehead atoms. The molecule has 0 spiro atoms. The average molecular weight is 355 g/mol. The maximum absolute atomic E-state index is 13.2. The predicted octanol–water partition coefficient (Wildman–Crippen LogP) is 4.43. The van der Waals surface area contributed by atoms with Crippen molar-refractivity contribution in [1.82, 2.24) is 4.98 Å². The van der Waals surface area contributed by atoms with E-state index in [1.807, 2.05) is 0 Å². The van der Waals surface area contributed by atoms with E-state index in [0.29, 0.717) is 20.8 Å². The second-order valence-corrected chi connectivity index (χ2v) is 6.38. The number of aryl methyl sites for hydroxylation is 1. The van der Waals surface area contributed by atoms with Gasteiger partial charge in [0.1, 0.15) is 15.5 Å². The van der Waals surface area contributed by atoms with E-state index in [1.54, 1.807) is 31.2 Å². The number of halogens is 1. The summed E-state index contributed by atoms with van der Waals surface area (Å²) in [6, 6.07) is 7.68. The van der Waals surface area contributed by atoms with Crippen LogP contribution in [-0.4, -0.2) is 23.8 Å². The summed E-state index contributed by atoms with van der Waals surface area (Å²) in [6.45, 7) is 1.80. The maximum Gasteiger partial charge on any atom is 0.348 e. The lowest BCUT2D eigenvalue weighted by atomic mass is 10.1. The van der Waals surface area contributed by atoms with Crippen molar-refractivity contribution in [3.63, 3.8) is 0 Å². The van der Waals surface area contributed by atoms with E-state index in [-0.39, 0.29) is 11.6 Å². The molecule has 0 N–H and O–H groups in total. The molecule has 25 heavy (non-hydrogen) atoms. The molecular weight excluding hydrogens is 341 g/mol. The molecule has 0 unspecified atom stereocenters. The lowest BCUT2D eigenvalue weighted by Crippen LogP contribution is -1.99. The van der Waals surface area contributed by atoms with E-state index in [2.05, 4.69) is 4.98 Å². The Morgan fingerprint density at radius 2 is 2.08 bits per heavy atom. The van der Waals surface area contributed by atoms with Gasteiger partial charge in [-0.15, -0.1) is 11.3 Å². The van der Waals surface area contributed by atoms with Crippen LogP contribution < -0.4 is 0 Å². The van der Waals surface area contributed by atoms with Gasteiger partial charge < -0.3 is 4.74 Å². The van der Waals surface area contributed by atoms with E-state index < -0.39 is 5.97 Å². The Labute approximate surface area is 147 Å². The van der Waals surface area contributed by atoms with Crippen LogP contribution in [0.25, 0.3) is 16.3 Å². The minimum atomic E-state index is -0.417. The van der Waals surface area contributed by atoms with Crippen LogP contribution in [0.2, 0.25) is 0 Å². The van der Waals surface area contributed by atoms with Crippen LogP contribution in [0, 0.1) is 12.7 Å². The largest absolute Gasteiger partial charge is 0.465 e. The number of aromatic nitrogens is 1. The summed E-state index contributed by atoms with van der Waals surface area (Å²) in [6.07, 6.45) is 4.40. The third-order valence-corrected chi connectivity index (χ3v) is 4.92. The molecule has 0 aliphatic rings. The summed E-state index contributed by atoms with van der Waals surface area (Å²) >= 11 is 1.23. The summed E-state index contributed by atoms with van der Waals surface area (Å²) in [5, 5.41) is 0.746. The molecule has 0 amide bonds. The van der Waals surface area contributed by atoms with E-state index in [9.17, 15) is 14.0 Å². The molecule has 2 aromatic heterocycles. The van der Waals surface area contributed by atoms with Crippen LogP contribution >= 0.6 is 11.3 Å². The topological polar surface area (TPSA) is 56.3 Å². The molecule has 4 nitrogen and oxygen atoms in total. The average Bonchev–Trinajstić information content (AvgIpc) is 2.95. The molecule has 0 atom stereocenters. The molecule has 0 saturated carbocycles. The van der Waals surface area contributed by atoms with Crippen molar-refractivity contribution < 1.29 is 18.7 Å². The lowest BCUT2D eigenvalue weighted by Gasteiger charge is -1.98. The Morgan fingerprint density at radius 1 is 1.28 bits per heavy atom. The molecular formula is C19H14FNO3S. The van der Waals surface area contributed by atoms with Crippen LogP contribution in [0.5, 0.6) is 0 Å². The van der Waals surface area contributed by atoms with Gasteiger partial charge >= 0.3 is 5.97 Å². The molecule has 3 aromatic rings. The number of hydrogen-bond donors (Lipinski definition) is 0. The molecule has 2 heterocycles. The number of benzene rings is 1. The van der Waals surface area contributed by atoms with Gasteiger partial charge in [-0.25, -0.2) is 14.2 Å². The first-order valence-electron chi connectivity index (χ1n) is 7.45. The van der Waals surface area contributed by atoms with E-state index in [4.69, 9.17) is 4.74 Å². The number of methoxy groups -OCH3 is 1. The number of carbonyl (C=O) groups excluding carboxylic acids is 2. The van der Waals surface area contributed by atoms with Crippen LogP contribution in [0.1, 0.15) is 31.2 Å². The number of rotatable bonds is 4. The van der Waals surface area contributed by atoms with Gasteiger partial charge in [-0.2, -0.15) is 0 Å². The fraction of sp³-hybridized carbons (Fsp3) is 0.105. The Balaban J connectivity index is 1.92. The van der Waals surface area contributed by atoms with E-state index >= 15 is 0 Å². The predicted molar refractivity (Wildman–Crippen MR) is 95.5 cm³/mol. The number of ketones is 1. The summed E-state index contributed by atoms with van der Waals surface area (Å²) in [4.78, 5) is 29.5. The van der Waals surface area contributed by atoms with Gasteiger partial charge in [0, 0.05) is 17.1 Å². The Morgan fingerprint density at radius 3 is 2.80 bits per heavy atom. The van der Waals surface area contributed by atoms with Gasteiger partial charge in [0.2, 0.25) is 0 Å². The highest BCUT2D eigenvalue weighted by molar-refractivity contribution is 7.20. The zero-order chi connectivity index (χ0) is 18.0. The van der Waals surface area contributed by atoms with Gasteiger partial charge in [0.25, 0.3) is 0 Å². The van der Waals surface area contributed by atoms with Gasteiger partial charge in [-0.3, -0.25) is 4.79 Å². The number of allylic oxidation sites excluding steroid dienone is 1. The van der Waals surface area contributed by atoms with Crippen molar-refractivity contribution in [1.29, 1.82) is 0 Å². The van der Waals surface area contributed by atoms with E-state index in [1.165, 1.54) is 42.9 Å². The molecule has 0 saturated heterocycles. The lowest BCUT2D eigenvalue weighted by molar-refractivity contribution is 0.0605. The highest BCUT2D eigenvalue weighted by atomic mass is 32.1. The van der Waals surface area contributed by atoms with Gasteiger partial charge in [0.05, 0.1) is 7.11 Å². The SMILES string of the molecule is COC(=O)c1sc2ncc(C(=O)/C=C/c3cccc(F)c3)cc2c1C. The molecule has 0 aliphatic heterocycles. The van der Waals surface area contributed by atoms with E-state index in [0.717, 1.165) is 10.9 Å². The first kappa shape index (κ1) is 17.0. The Bertz CT molecular complexity index is 1010. The molecule has 0 fully saturated rings. The molecule has 6 heteroatoms. The van der Waals surface area contributed by atoms with Gasteiger partial charge in [-0.05, 0) is 42.3 Å². The number of fused-ring (bicyclic) bond motifs is 1. The number of hydrogen-bond acceptors (Lipinski definition) is 5. The van der Waals surface area contributed by atoms with Crippen molar-refractivity contribution >= 4 is 39.4 Å². The quantitative estimate of drug-likeness (QED) is 0.395. The van der Waals surface area contributed by atoms with Crippen molar-refractivity contribution in [2.75, 3.05) is 7.11 Å². The van der Waals surface area contributed by atoms with Gasteiger partial charge in [0.15, 0.2) is 5.78 Å². The number of nitrogens with zero attached hydrogens (tertiary/aromatic N) is 1.